The van der Waals surface area contributed by atoms with Crippen molar-refractivity contribution in [2.45, 2.75) is 39.0 Å². The molecule has 0 amide bonds. The van der Waals surface area contributed by atoms with Gasteiger partial charge < -0.3 is 10.5 Å². The fourth-order valence-corrected chi connectivity index (χ4v) is 1.82. The van der Waals surface area contributed by atoms with Gasteiger partial charge in [0, 0.05) is 6.42 Å². The van der Waals surface area contributed by atoms with Crippen LogP contribution >= 0.6 is 0 Å². The van der Waals surface area contributed by atoms with Crippen LogP contribution in [0.3, 0.4) is 0 Å². The van der Waals surface area contributed by atoms with Gasteiger partial charge in [0.05, 0.1) is 12.7 Å². The second-order valence-electron chi connectivity index (χ2n) is 5.11. The van der Waals surface area contributed by atoms with E-state index in [-0.39, 0.29) is 11.2 Å². The Morgan fingerprint density at radius 3 is 2.56 bits per heavy atom. The summed E-state index contributed by atoms with van der Waals surface area (Å²) in [6.07, 6.45) is 1.37. The Balaban J connectivity index is 3.21. The molecule has 3 nitrogen and oxygen atoms in total. The number of carbonyl (C=O) groups excluding carboxylic acids is 1. The number of ketones is 1. The zero-order chi connectivity index (χ0) is 13.8. The number of nitrogens with two attached hydrogens (primary N) is 1. The molecule has 0 unspecified atom stereocenters. The summed E-state index contributed by atoms with van der Waals surface area (Å²) in [5.74, 6) is 0.673. The summed E-state index contributed by atoms with van der Waals surface area (Å²) in [6.45, 7) is 6.85. The fraction of sp³-hybridized carbons (Fsp3) is 0.533. The quantitative estimate of drug-likeness (QED) is 0.789. The molecule has 1 aromatic carbocycles. The molecule has 0 aliphatic carbocycles. The van der Waals surface area contributed by atoms with Gasteiger partial charge in [-0.25, -0.2) is 0 Å². The topological polar surface area (TPSA) is 52.3 Å². The third-order valence-corrected chi connectivity index (χ3v) is 3.54. The van der Waals surface area contributed by atoms with E-state index in [2.05, 4.69) is 20.8 Å². The highest BCUT2D eigenvalue weighted by Gasteiger charge is 2.21. The minimum Gasteiger partial charge on any atom is -0.496 e. The third kappa shape index (κ3) is 3.10. The van der Waals surface area contributed by atoms with Crippen LogP contribution in [0.4, 0.5) is 0 Å². The summed E-state index contributed by atoms with van der Waals surface area (Å²) in [6, 6.07) is 5.85. The van der Waals surface area contributed by atoms with E-state index in [0.29, 0.717) is 24.3 Å². The monoisotopic (exact) mass is 249 g/mol. The molecular weight excluding hydrogens is 226 g/mol. The second-order valence-corrected chi connectivity index (χ2v) is 5.11. The molecular formula is C15H23NO2. The first-order valence-electron chi connectivity index (χ1n) is 6.38. The predicted molar refractivity (Wildman–Crippen MR) is 74.3 cm³/mol. The molecule has 0 atom stereocenters. The molecule has 1 aromatic rings. The highest BCUT2D eigenvalue weighted by molar-refractivity contribution is 5.99. The standard InChI is InChI=1S/C15H23NO2/c1-5-15(2,3)11-6-7-14(18-4)12(10-11)13(17)8-9-16/h6-7,10H,5,8-9,16H2,1-4H3. The Labute approximate surface area is 109 Å². The van der Waals surface area contributed by atoms with Crippen molar-refractivity contribution in [3.8, 4) is 5.75 Å². The SMILES string of the molecule is CCC(C)(C)c1ccc(OC)c(C(=O)CCN)c1. The minimum absolute atomic E-state index is 0.0445. The van der Waals surface area contributed by atoms with E-state index < -0.39 is 0 Å². The lowest BCUT2D eigenvalue weighted by Gasteiger charge is -2.24. The van der Waals surface area contributed by atoms with Crippen LogP contribution in [0.5, 0.6) is 5.75 Å². The van der Waals surface area contributed by atoms with Crippen LogP contribution in [-0.4, -0.2) is 19.4 Å². The van der Waals surface area contributed by atoms with E-state index in [9.17, 15) is 4.79 Å². The number of rotatable bonds is 6. The van der Waals surface area contributed by atoms with Crippen molar-refractivity contribution in [3.05, 3.63) is 29.3 Å². The van der Waals surface area contributed by atoms with Gasteiger partial charge in [0.2, 0.25) is 0 Å². The van der Waals surface area contributed by atoms with E-state index >= 15 is 0 Å². The zero-order valence-corrected chi connectivity index (χ0v) is 11.7. The van der Waals surface area contributed by atoms with Crippen LogP contribution in [0.1, 0.15) is 49.5 Å². The molecule has 0 aliphatic heterocycles. The van der Waals surface area contributed by atoms with Crippen LogP contribution in [0.15, 0.2) is 18.2 Å². The first-order valence-corrected chi connectivity index (χ1v) is 6.38. The number of benzene rings is 1. The van der Waals surface area contributed by atoms with Crippen LogP contribution in [-0.2, 0) is 5.41 Å². The van der Waals surface area contributed by atoms with E-state index in [1.807, 2.05) is 18.2 Å². The molecule has 0 bridgehead atoms. The van der Waals surface area contributed by atoms with Crippen molar-refractivity contribution >= 4 is 5.78 Å². The maximum absolute atomic E-state index is 12.0. The second kappa shape index (κ2) is 6.01. The number of ether oxygens (including phenoxy) is 1. The molecule has 0 aliphatic rings. The smallest absolute Gasteiger partial charge is 0.167 e. The summed E-state index contributed by atoms with van der Waals surface area (Å²) >= 11 is 0. The van der Waals surface area contributed by atoms with Crippen LogP contribution < -0.4 is 10.5 Å². The van der Waals surface area contributed by atoms with Crippen molar-refractivity contribution in [1.82, 2.24) is 0 Å². The van der Waals surface area contributed by atoms with Crippen molar-refractivity contribution in [1.29, 1.82) is 0 Å². The van der Waals surface area contributed by atoms with Gasteiger partial charge in [-0.15, -0.1) is 0 Å². The number of Topliss-reactive ketones (excluding diaryl/α,β-unsaturated/α-hetero) is 1. The molecule has 0 spiro atoms. The number of carbonyl (C=O) groups is 1. The van der Waals surface area contributed by atoms with Crippen LogP contribution in [0.25, 0.3) is 0 Å². The molecule has 3 heteroatoms. The summed E-state index contributed by atoms with van der Waals surface area (Å²) in [7, 11) is 1.58. The molecule has 18 heavy (non-hydrogen) atoms. The molecule has 0 heterocycles. The van der Waals surface area contributed by atoms with Crippen LogP contribution in [0.2, 0.25) is 0 Å². The first kappa shape index (κ1) is 14.7. The Morgan fingerprint density at radius 1 is 1.39 bits per heavy atom. The summed E-state index contributed by atoms with van der Waals surface area (Å²) in [4.78, 5) is 12.0. The van der Waals surface area contributed by atoms with Gasteiger partial charge in [0.15, 0.2) is 5.78 Å². The lowest BCUT2D eigenvalue weighted by molar-refractivity contribution is 0.0982. The van der Waals surface area contributed by atoms with Crippen molar-refractivity contribution in [2.24, 2.45) is 5.73 Å². The Morgan fingerprint density at radius 2 is 2.06 bits per heavy atom. The molecule has 100 valence electrons. The number of methoxy groups -OCH3 is 1. The highest BCUT2D eigenvalue weighted by atomic mass is 16.5. The van der Waals surface area contributed by atoms with E-state index in [4.69, 9.17) is 10.5 Å². The highest BCUT2D eigenvalue weighted by Crippen LogP contribution is 2.31. The Bertz CT molecular complexity index is 425. The van der Waals surface area contributed by atoms with Crippen LogP contribution in [0, 0.1) is 0 Å². The van der Waals surface area contributed by atoms with E-state index in [1.54, 1.807) is 7.11 Å². The molecule has 0 saturated carbocycles. The third-order valence-electron chi connectivity index (χ3n) is 3.54. The molecule has 2 N–H and O–H groups in total. The van der Waals surface area contributed by atoms with E-state index in [0.717, 1.165) is 12.0 Å². The van der Waals surface area contributed by atoms with Gasteiger partial charge in [-0.3, -0.25) is 4.79 Å². The lowest BCUT2D eigenvalue weighted by atomic mass is 9.81. The normalized spacial score (nSPS) is 11.4. The summed E-state index contributed by atoms with van der Waals surface area (Å²) < 4.78 is 5.25. The largest absolute Gasteiger partial charge is 0.496 e. The van der Waals surface area contributed by atoms with Gasteiger partial charge >= 0.3 is 0 Å². The molecule has 0 saturated heterocycles. The lowest BCUT2D eigenvalue weighted by Crippen LogP contribution is -2.17. The first-order chi connectivity index (χ1) is 8.46. The van der Waals surface area contributed by atoms with Gasteiger partial charge in [0.25, 0.3) is 0 Å². The van der Waals surface area contributed by atoms with E-state index in [1.165, 1.54) is 0 Å². The summed E-state index contributed by atoms with van der Waals surface area (Å²) in [5.41, 5.74) is 7.31. The van der Waals surface area contributed by atoms with Crippen molar-refractivity contribution in [3.63, 3.8) is 0 Å². The fourth-order valence-electron chi connectivity index (χ4n) is 1.82. The maximum Gasteiger partial charge on any atom is 0.167 e. The van der Waals surface area contributed by atoms with Gasteiger partial charge in [-0.2, -0.15) is 0 Å². The number of hydrogen-bond donors (Lipinski definition) is 1. The predicted octanol–water partition coefficient (Wildman–Crippen LogP) is 2.91. The molecule has 0 fully saturated rings. The minimum atomic E-state index is 0.0445. The van der Waals surface area contributed by atoms with Gasteiger partial charge in [0.1, 0.15) is 5.75 Å². The Kier molecular flexibility index (Phi) is 4.91. The Hall–Kier alpha value is -1.35. The zero-order valence-electron chi connectivity index (χ0n) is 11.7. The summed E-state index contributed by atoms with van der Waals surface area (Å²) in [5, 5.41) is 0. The van der Waals surface area contributed by atoms with Crippen molar-refractivity contribution in [2.75, 3.05) is 13.7 Å². The van der Waals surface area contributed by atoms with Crippen molar-refractivity contribution < 1.29 is 9.53 Å². The van der Waals surface area contributed by atoms with Gasteiger partial charge in [-0.1, -0.05) is 26.8 Å². The van der Waals surface area contributed by atoms with Gasteiger partial charge in [-0.05, 0) is 36.1 Å². The average molecular weight is 249 g/mol. The maximum atomic E-state index is 12.0. The molecule has 0 radical (unpaired) electrons. The molecule has 0 aromatic heterocycles. The number of hydrogen-bond acceptors (Lipinski definition) is 3. The average Bonchev–Trinajstić information content (AvgIpc) is 2.38. The molecule has 1 rings (SSSR count).